The Morgan fingerprint density at radius 1 is 1.27 bits per heavy atom. The number of benzene rings is 1. The minimum absolute atomic E-state index is 0.00235. The van der Waals surface area contributed by atoms with E-state index in [2.05, 4.69) is 29.1 Å². The summed E-state index contributed by atoms with van der Waals surface area (Å²) >= 11 is 0. The predicted octanol–water partition coefficient (Wildman–Crippen LogP) is 3.31. The molecule has 0 radical (unpaired) electrons. The van der Waals surface area contributed by atoms with E-state index in [9.17, 15) is 13.6 Å². The van der Waals surface area contributed by atoms with E-state index in [0.717, 1.165) is 0 Å². The molecule has 1 aromatic carbocycles. The van der Waals surface area contributed by atoms with Gasteiger partial charge in [-0.15, -0.1) is 0 Å². The smallest absolute Gasteiger partial charge is 0.345 e. The van der Waals surface area contributed by atoms with Crippen molar-refractivity contribution >= 4 is 5.91 Å². The van der Waals surface area contributed by atoms with Crippen LogP contribution in [0.15, 0.2) is 30.3 Å². The Labute approximate surface area is 129 Å². The molecule has 22 heavy (non-hydrogen) atoms. The fourth-order valence-corrected chi connectivity index (χ4v) is 3.69. The number of alkyl halides is 2. The van der Waals surface area contributed by atoms with E-state index in [1.807, 2.05) is 18.2 Å². The Balaban J connectivity index is 1.51. The van der Waals surface area contributed by atoms with Crippen LogP contribution in [0.3, 0.4) is 0 Å². The van der Waals surface area contributed by atoms with Crippen molar-refractivity contribution in [2.75, 3.05) is 0 Å². The Morgan fingerprint density at radius 2 is 2.00 bits per heavy atom. The molecule has 3 nitrogen and oxygen atoms in total. The summed E-state index contributed by atoms with van der Waals surface area (Å²) in [6.45, 7) is -0.649. The molecule has 2 aliphatic carbocycles. The molecule has 0 bridgehead atoms. The zero-order valence-corrected chi connectivity index (χ0v) is 12.5. The van der Waals surface area contributed by atoms with Gasteiger partial charge in [0.15, 0.2) is 0 Å². The molecular weight excluding hydrogens is 288 g/mol. The van der Waals surface area contributed by atoms with Gasteiger partial charge >= 0.3 is 6.61 Å². The molecule has 2 aliphatic rings. The zero-order chi connectivity index (χ0) is 15.7. The molecule has 5 unspecified atom stereocenters. The Kier molecular flexibility index (Phi) is 4.43. The van der Waals surface area contributed by atoms with Crippen molar-refractivity contribution in [1.29, 1.82) is 0 Å². The van der Waals surface area contributed by atoms with E-state index in [1.165, 1.54) is 5.56 Å². The first-order valence-corrected chi connectivity index (χ1v) is 7.85. The number of halogens is 2. The van der Waals surface area contributed by atoms with Crippen molar-refractivity contribution in [3.8, 4) is 0 Å². The van der Waals surface area contributed by atoms with Crippen molar-refractivity contribution < 1.29 is 18.3 Å². The maximum absolute atomic E-state index is 12.4. The van der Waals surface area contributed by atoms with E-state index < -0.39 is 12.7 Å². The molecule has 2 fully saturated rings. The van der Waals surface area contributed by atoms with E-state index in [4.69, 9.17) is 0 Å². The average molecular weight is 309 g/mol. The molecule has 120 valence electrons. The molecule has 0 heterocycles. The summed E-state index contributed by atoms with van der Waals surface area (Å²) in [6, 6.07) is 10.00. The fourth-order valence-electron chi connectivity index (χ4n) is 3.69. The first kappa shape index (κ1) is 15.4. The SMILES string of the molecule is CC1C(C(=O)NC2CCC(OC(F)F)C2)C1c1ccccc1. The van der Waals surface area contributed by atoms with Gasteiger partial charge in [0.05, 0.1) is 6.10 Å². The van der Waals surface area contributed by atoms with Crippen molar-refractivity contribution in [2.45, 2.75) is 50.9 Å². The van der Waals surface area contributed by atoms with Gasteiger partial charge in [0.2, 0.25) is 5.91 Å². The molecule has 5 heteroatoms. The van der Waals surface area contributed by atoms with E-state index in [0.29, 0.717) is 25.2 Å². The van der Waals surface area contributed by atoms with Gasteiger partial charge in [0.1, 0.15) is 0 Å². The van der Waals surface area contributed by atoms with Crippen molar-refractivity contribution in [1.82, 2.24) is 5.32 Å². The fraction of sp³-hybridized carbons (Fsp3) is 0.588. The molecular formula is C17H21F2NO2. The van der Waals surface area contributed by atoms with E-state index >= 15 is 0 Å². The van der Waals surface area contributed by atoms with Gasteiger partial charge in [0.25, 0.3) is 0 Å². The molecule has 5 atom stereocenters. The third-order valence-corrected chi connectivity index (χ3v) is 4.89. The van der Waals surface area contributed by atoms with Crippen LogP contribution >= 0.6 is 0 Å². The Morgan fingerprint density at radius 3 is 2.68 bits per heavy atom. The Hall–Kier alpha value is -1.49. The van der Waals surface area contributed by atoms with Gasteiger partial charge < -0.3 is 10.1 Å². The van der Waals surface area contributed by atoms with Crippen molar-refractivity contribution in [3.63, 3.8) is 0 Å². The summed E-state index contributed by atoms with van der Waals surface area (Å²) in [7, 11) is 0. The van der Waals surface area contributed by atoms with Gasteiger partial charge in [-0.25, -0.2) is 0 Å². The van der Waals surface area contributed by atoms with E-state index in [-0.39, 0.29) is 23.8 Å². The van der Waals surface area contributed by atoms with Gasteiger partial charge in [0, 0.05) is 12.0 Å². The zero-order valence-electron chi connectivity index (χ0n) is 12.5. The molecule has 2 saturated carbocycles. The standard InChI is InChI=1S/C17H21F2NO2/c1-10-14(11-5-3-2-4-6-11)15(10)16(21)20-12-7-8-13(9-12)22-17(18)19/h2-6,10,12-15,17H,7-9H2,1H3,(H,20,21). The summed E-state index contributed by atoms with van der Waals surface area (Å²) in [6.07, 6.45) is 1.33. The summed E-state index contributed by atoms with van der Waals surface area (Å²) in [5.74, 6) is 0.647. The average Bonchev–Trinajstić information content (AvgIpc) is 2.97. The lowest BCUT2D eigenvalue weighted by Gasteiger charge is -2.14. The lowest BCUT2D eigenvalue weighted by Crippen LogP contribution is -2.35. The highest BCUT2D eigenvalue weighted by Crippen LogP contribution is 2.53. The van der Waals surface area contributed by atoms with Crippen molar-refractivity contribution in [3.05, 3.63) is 35.9 Å². The van der Waals surface area contributed by atoms with Crippen LogP contribution < -0.4 is 5.32 Å². The highest BCUT2D eigenvalue weighted by Gasteiger charge is 2.52. The summed E-state index contributed by atoms with van der Waals surface area (Å²) in [4.78, 5) is 12.4. The molecule has 0 aliphatic heterocycles. The second-order valence-corrected chi connectivity index (χ2v) is 6.36. The van der Waals surface area contributed by atoms with Gasteiger partial charge in [-0.1, -0.05) is 37.3 Å². The molecule has 0 saturated heterocycles. The lowest BCUT2D eigenvalue weighted by molar-refractivity contribution is -0.160. The van der Waals surface area contributed by atoms with Gasteiger partial charge in [-0.3, -0.25) is 4.79 Å². The van der Waals surface area contributed by atoms with Crippen LogP contribution in [0.25, 0.3) is 0 Å². The predicted molar refractivity (Wildman–Crippen MR) is 78.5 cm³/mol. The Bertz CT molecular complexity index is 523. The maximum atomic E-state index is 12.4. The number of amides is 1. The number of hydrogen-bond acceptors (Lipinski definition) is 2. The lowest BCUT2D eigenvalue weighted by atomic mass is 10.1. The quantitative estimate of drug-likeness (QED) is 0.906. The maximum Gasteiger partial charge on any atom is 0.345 e. The first-order valence-electron chi connectivity index (χ1n) is 7.85. The van der Waals surface area contributed by atoms with Crippen LogP contribution in [-0.2, 0) is 9.53 Å². The third-order valence-electron chi connectivity index (χ3n) is 4.89. The highest BCUT2D eigenvalue weighted by atomic mass is 19.3. The van der Waals surface area contributed by atoms with Gasteiger partial charge in [-0.05, 0) is 36.7 Å². The monoisotopic (exact) mass is 309 g/mol. The highest BCUT2D eigenvalue weighted by molar-refractivity contribution is 5.83. The summed E-state index contributed by atoms with van der Waals surface area (Å²) in [5, 5.41) is 3.01. The third kappa shape index (κ3) is 3.29. The second kappa shape index (κ2) is 6.32. The molecule has 1 amide bonds. The normalized spacial score (nSPS) is 33.9. The van der Waals surface area contributed by atoms with Crippen LogP contribution in [0.4, 0.5) is 8.78 Å². The van der Waals surface area contributed by atoms with Crippen LogP contribution in [0.2, 0.25) is 0 Å². The minimum Gasteiger partial charge on any atom is -0.353 e. The van der Waals surface area contributed by atoms with Crippen LogP contribution in [-0.4, -0.2) is 24.7 Å². The summed E-state index contributed by atoms with van der Waals surface area (Å²) < 4.78 is 28.9. The number of ether oxygens (including phenoxy) is 1. The van der Waals surface area contributed by atoms with Crippen LogP contribution in [0.1, 0.15) is 37.7 Å². The van der Waals surface area contributed by atoms with Gasteiger partial charge in [-0.2, -0.15) is 8.78 Å². The molecule has 0 aromatic heterocycles. The van der Waals surface area contributed by atoms with Crippen molar-refractivity contribution in [2.24, 2.45) is 11.8 Å². The topological polar surface area (TPSA) is 38.3 Å². The number of rotatable bonds is 5. The number of carbonyl (C=O) groups excluding carboxylic acids is 1. The first-order chi connectivity index (χ1) is 10.6. The minimum atomic E-state index is -2.73. The number of nitrogens with one attached hydrogen (secondary N) is 1. The van der Waals surface area contributed by atoms with Crippen LogP contribution in [0.5, 0.6) is 0 Å². The molecule has 0 spiro atoms. The number of carbonyl (C=O) groups is 1. The van der Waals surface area contributed by atoms with E-state index in [1.54, 1.807) is 0 Å². The van der Waals surface area contributed by atoms with Crippen LogP contribution in [0, 0.1) is 11.8 Å². The summed E-state index contributed by atoms with van der Waals surface area (Å²) in [5.41, 5.74) is 1.19. The molecule has 1 aromatic rings. The second-order valence-electron chi connectivity index (χ2n) is 6.36. The largest absolute Gasteiger partial charge is 0.353 e. The molecule has 3 rings (SSSR count). The molecule has 1 N–H and O–H groups in total. The number of hydrogen-bond donors (Lipinski definition) is 1.